The average molecular weight is 486 g/mol. The smallest absolute Gasteiger partial charge is 0.0384 e. The predicted octanol–water partition coefficient (Wildman–Crippen LogP) is 10.9. The van der Waals surface area contributed by atoms with E-state index in [2.05, 4.69) is 102 Å². The molecule has 1 heteroatoms. The lowest BCUT2D eigenvalue weighted by atomic mass is 9.84. The Kier molecular flexibility index (Phi) is 7.40. The zero-order valence-corrected chi connectivity index (χ0v) is 22.0. The fourth-order valence-corrected chi connectivity index (χ4v) is 6.43. The topological polar surface area (TPSA) is 12.0 Å². The highest BCUT2D eigenvalue weighted by Crippen LogP contribution is 2.35. The summed E-state index contributed by atoms with van der Waals surface area (Å²) in [4.78, 5) is 0. The minimum absolute atomic E-state index is 0.765. The van der Waals surface area contributed by atoms with E-state index in [0.29, 0.717) is 0 Å². The maximum absolute atomic E-state index is 3.57. The molecule has 0 heterocycles. The van der Waals surface area contributed by atoms with Gasteiger partial charge in [-0.15, -0.1) is 0 Å². The van der Waals surface area contributed by atoms with Gasteiger partial charge in [0.2, 0.25) is 0 Å². The van der Waals surface area contributed by atoms with Crippen LogP contribution in [0.2, 0.25) is 0 Å². The van der Waals surface area contributed by atoms with E-state index in [1.165, 1.54) is 97.6 Å². The Labute approximate surface area is 223 Å². The minimum Gasteiger partial charge on any atom is -0.356 e. The number of hydrogen-bond donors (Lipinski definition) is 1. The van der Waals surface area contributed by atoms with Gasteiger partial charge in [0.25, 0.3) is 0 Å². The van der Waals surface area contributed by atoms with Crippen molar-refractivity contribution >= 4 is 11.4 Å². The second-order valence-corrected chi connectivity index (χ2v) is 11.2. The van der Waals surface area contributed by atoms with Crippen LogP contribution in [0.4, 0.5) is 11.4 Å². The fraction of sp³-hybridized carbons (Fsp3) is 0.333. The molecule has 0 spiro atoms. The summed E-state index contributed by atoms with van der Waals surface area (Å²) in [6.45, 7) is 0. The molecule has 37 heavy (non-hydrogen) atoms. The molecule has 4 aromatic carbocycles. The first kappa shape index (κ1) is 24.0. The highest BCUT2D eigenvalue weighted by atomic mass is 14.9. The predicted molar refractivity (Wildman–Crippen MR) is 159 cm³/mol. The van der Waals surface area contributed by atoms with Gasteiger partial charge in [0.1, 0.15) is 0 Å². The zero-order valence-electron chi connectivity index (χ0n) is 22.0. The van der Waals surface area contributed by atoms with Gasteiger partial charge in [0.05, 0.1) is 0 Å². The van der Waals surface area contributed by atoms with E-state index in [1.807, 2.05) is 0 Å². The van der Waals surface area contributed by atoms with Crippen molar-refractivity contribution in [3.63, 3.8) is 0 Å². The highest BCUT2D eigenvalue weighted by molar-refractivity contribution is 5.71. The molecular weight excluding hydrogens is 446 g/mol. The van der Waals surface area contributed by atoms with Gasteiger partial charge in [0, 0.05) is 11.4 Å². The lowest BCUT2D eigenvalue weighted by molar-refractivity contribution is 0.443. The first-order chi connectivity index (χ1) is 18.3. The molecule has 2 aliphatic carbocycles. The lowest BCUT2D eigenvalue weighted by Crippen LogP contribution is -2.04. The van der Waals surface area contributed by atoms with E-state index in [1.54, 1.807) is 0 Å². The summed E-state index contributed by atoms with van der Waals surface area (Å²) in [6.07, 6.45) is 13.8. The Bertz CT molecular complexity index is 1150. The van der Waals surface area contributed by atoms with Crippen molar-refractivity contribution in [2.45, 2.75) is 76.0 Å². The second-order valence-electron chi connectivity index (χ2n) is 11.2. The van der Waals surface area contributed by atoms with Crippen LogP contribution >= 0.6 is 0 Å². The molecule has 0 radical (unpaired) electrons. The molecule has 0 atom stereocenters. The molecule has 0 amide bonds. The second kappa shape index (κ2) is 11.4. The van der Waals surface area contributed by atoms with Crippen LogP contribution in [0.15, 0.2) is 97.1 Å². The lowest BCUT2D eigenvalue weighted by Gasteiger charge is -2.22. The van der Waals surface area contributed by atoms with Crippen LogP contribution in [0, 0.1) is 0 Å². The van der Waals surface area contributed by atoms with Gasteiger partial charge < -0.3 is 5.32 Å². The molecule has 0 saturated heterocycles. The van der Waals surface area contributed by atoms with Gasteiger partial charge in [-0.1, -0.05) is 111 Å². The minimum atomic E-state index is 0.765. The van der Waals surface area contributed by atoms with E-state index < -0.39 is 0 Å². The van der Waals surface area contributed by atoms with Crippen LogP contribution in [-0.4, -0.2) is 0 Å². The third-order valence-corrected chi connectivity index (χ3v) is 8.70. The van der Waals surface area contributed by atoms with Crippen molar-refractivity contribution in [2.24, 2.45) is 0 Å². The molecule has 6 rings (SSSR count). The van der Waals surface area contributed by atoms with Crippen molar-refractivity contribution in [1.29, 1.82) is 0 Å². The van der Waals surface area contributed by atoms with Crippen molar-refractivity contribution < 1.29 is 0 Å². The zero-order chi connectivity index (χ0) is 24.9. The van der Waals surface area contributed by atoms with Crippen LogP contribution in [0.25, 0.3) is 22.3 Å². The van der Waals surface area contributed by atoms with Crippen LogP contribution in [0.5, 0.6) is 0 Å². The SMILES string of the molecule is c1cc(-c2ccc(C3CCCCC3)cc2)ccc1Nc1ccc(-c2ccc(C3CCCCC3)cc2)cc1. The number of nitrogens with one attached hydrogen (secondary N) is 1. The first-order valence-electron chi connectivity index (χ1n) is 14.5. The Balaban J connectivity index is 1.07. The van der Waals surface area contributed by atoms with Crippen molar-refractivity contribution in [3.8, 4) is 22.3 Å². The first-order valence-corrected chi connectivity index (χ1v) is 14.5. The summed E-state index contributed by atoms with van der Waals surface area (Å²) in [7, 11) is 0. The molecular formula is C36H39N. The van der Waals surface area contributed by atoms with Crippen LogP contribution in [0.3, 0.4) is 0 Å². The van der Waals surface area contributed by atoms with Crippen LogP contribution in [-0.2, 0) is 0 Å². The summed E-state index contributed by atoms with van der Waals surface area (Å²) in [5.74, 6) is 1.53. The Morgan fingerprint density at radius 1 is 0.351 bits per heavy atom. The molecule has 0 aliphatic heterocycles. The van der Waals surface area contributed by atoms with Gasteiger partial charge in [-0.05, 0) is 95.2 Å². The third-order valence-electron chi connectivity index (χ3n) is 8.70. The number of anilines is 2. The molecule has 1 N–H and O–H groups in total. The third kappa shape index (κ3) is 5.82. The number of benzene rings is 4. The van der Waals surface area contributed by atoms with E-state index in [-0.39, 0.29) is 0 Å². The summed E-state index contributed by atoms with van der Waals surface area (Å²) < 4.78 is 0. The normalized spacial score (nSPS) is 17.0. The Hall–Kier alpha value is -3.32. The summed E-state index contributed by atoms with van der Waals surface area (Å²) in [5.41, 5.74) is 10.4. The van der Waals surface area contributed by atoms with Crippen molar-refractivity contribution in [3.05, 3.63) is 108 Å². The maximum Gasteiger partial charge on any atom is 0.0384 e. The van der Waals surface area contributed by atoms with Gasteiger partial charge in [-0.25, -0.2) is 0 Å². The largest absolute Gasteiger partial charge is 0.356 e. The molecule has 2 fully saturated rings. The Morgan fingerprint density at radius 2 is 0.649 bits per heavy atom. The summed E-state index contributed by atoms with van der Waals surface area (Å²) in [6, 6.07) is 36.2. The Morgan fingerprint density at radius 3 is 0.973 bits per heavy atom. The summed E-state index contributed by atoms with van der Waals surface area (Å²) in [5, 5.41) is 3.57. The standard InChI is InChI=1S/C36H39N/c1-3-7-27(8-4-1)29-11-15-31(16-12-29)33-19-23-35(24-20-33)37-36-25-21-34(22-26-36)32-17-13-30(14-18-32)28-9-5-2-6-10-28/h11-28,37H,1-10H2. The van der Waals surface area contributed by atoms with E-state index in [0.717, 1.165) is 23.2 Å². The molecule has 0 unspecified atom stereocenters. The molecule has 0 aromatic heterocycles. The van der Waals surface area contributed by atoms with Crippen molar-refractivity contribution in [1.82, 2.24) is 0 Å². The highest BCUT2D eigenvalue weighted by Gasteiger charge is 2.16. The van der Waals surface area contributed by atoms with E-state index in [4.69, 9.17) is 0 Å². The number of rotatable bonds is 6. The molecule has 188 valence electrons. The van der Waals surface area contributed by atoms with Gasteiger partial charge in [-0.3, -0.25) is 0 Å². The van der Waals surface area contributed by atoms with E-state index in [9.17, 15) is 0 Å². The molecule has 4 aromatic rings. The fourth-order valence-electron chi connectivity index (χ4n) is 6.43. The molecule has 2 aliphatic rings. The van der Waals surface area contributed by atoms with Crippen LogP contribution in [0.1, 0.15) is 87.2 Å². The monoisotopic (exact) mass is 485 g/mol. The van der Waals surface area contributed by atoms with Gasteiger partial charge in [-0.2, -0.15) is 0 Å². The van der Waals surface area contributed by atoms with Gasteiger partial charge >= 0.3 is 0 Å². The molecule has 0 bridgehead atoms. The van der Waals surface area contributed by atoms with E-state index >= 15 is 0 Å². The summed E-state index contributed by atoms with van der Waals surface area (Å²) >= 11 is 0. The average Bonchev–Trinajstić information content (AvgIpc) is 2.99. The maximum atomic E-state index is 3.57. The van der Waals surface area contributed by atoms with Crippen LogP contribution < -0.4 is 5.32 Å². The van der Waals surface area contributed by atoms with Crippen molar-refractivity contribution in [2.75, 3.05) is 5.32 Å². The van der Waals surface area contributed by atoms with Gasteiger partial charge in [0.15, 0.2) is 0 Å². The number of hydrogen-bond acceptors (Lipinski definition) is 1. The molecule has 1 nitrogen and oxygen atoms in total. The molecule has 2 saturated carbocycles. The quantitative estimate of drug-likeness (QED) is 0.286.